The average Bonchev–Trinajstić information content (AvgIpc) is 2.25. The van der Waals surface area contributed by atoms with Gasteiger partial charge in [-0.3, -0.25) is 0 Å². The second kappa shape index (κ2) is 6.99. The van der Waals surface area contributed by atoms with E-state index in [1.807, 2.05) is 30.5 Å². The molecule has 0 heterocycles. The largest absolute Gasteiger partial charge is 0.389 e. The Morgan fingerprint density at radius 3 is 2.60 bits per heavy atom. The Kier molecular flexibility index (Phi) is 5.91. The molecule has 3 heteroatoms. The third-order valence-corrected chi connectivity index (χ3v) is 4.09. The first-order valence-electron chi connectivity index (χ1n) is 4.83. The van der Waals surface area contributed by atoms with Gasteiger partial charge in [0.05, 0.1) is 6.10 Å². The van der Waals surface area contributed by atoms with Crippen molar-refractivity contribution in [2.24, 2.45) is 0 Å². The SMILES string of the molecule is CS/C(=C/C(C)O)SCc1ccccc1. The highest BCUT2D eigenvalue weighted by Crippen LogP contribution is 2.29. The summed E-state index contributed by atoms with van der Waals surface area (Å²) in [7, 11) is 0. The van der Waals surface area contributed by atoms with Crippen molar-refractivity contribution in [3.05, 3.63) is 46.2 Å². The fourth-order valence-corrected chi connectivity index (χ4v) is 2.88. The molecule has 1 N–H and O–H groups in total. The zero-order valence-electron chi connectivity index (χ0n) is 9.01. The Balaban J connectivity index is 2.48. The van der Waals surface area contributed by atoms with Crippen molar-refractivity contribution < 1.29 is 5.11 Å². The Morgan fingerprint density at radius 1 is 1.40 bits per heavy atom. The summed E-state index contributed by atoms with van der Waals surface area (Å²) in [6.45, 7) is 1.78. The molecule has 0 radical (unpaired) electrons. The molecule has 1 aromatic carbocycles. The fourth-order valence-electron chi connectivity index (χ4n) is 1.10. The highest BCUT2D eigenvalue weighted by atomic mass is 32.2. The van der Waals surface area contributed by atoms with Crippen LogP contribution in [0.25, 0.3) is 0 Å². The monoisotopic (exact) mass is 240 g/mol. The van der Waals surface area contributed by atoms with Gasteiger partial charge in [-0.25, -0.2) is 0 Å². The second-order valence-corrected chi connectivity index (χ2v) is 5.33. The highest BCUT2D eigenvalue weighted by molar-refractivity contribution is 8.21. The Bertz CT molecular complexity index is 307. The van der Waals surface area contributed by atoms with Gasteiger partial charge >= 0.3 is 0 Å². The van der Waals surface area contributed by atoms with Crippen molar-refractivity contribution in [3.8, 4) is 0 Å². The first-order chi connectivity index (χ1) is 7.22. The summed E-state index contributed by atoms with van der Waals surface area (Å²) in [6.07, 6.45) is 3.56. The van der Waals surface area contributed by atoms with Crippen molar-refractivity contribution in [2.75, 3.05) is 6.26 Å². The molecular weight excluding hydrogens is 224 g/mol. The minimum absolute atomic E-state index is 0.365. The van der Waals surface area contributed by atoms with Crippen LogP contribution >= 0.6 is 23.5 Å². The molecule has 0 aliphatic heterocycles. The zero-order chi connectivity index (χ0) is 11.1. The van der Waals surface area contributed by atoms with Crippen molar-refractivity contribution in [2.45, 2.75) is 18.8 Å². The van der Waals surface area contributed by atoms with Crippen molar-refractivity contribution in [1.29, 1.82) is 0 Å². The summed E-state index contributed by atoms with van der Waals surface area (Å²) < 4.78 is 1.17. The molecule has 1 nitrogen and oxygen atoms in total. The maximum absolute atomic E-state index is 9.25. The van der Waals surface area contributed by atoms with E-state index in [1.54, 1.807) is 30.4 Å². The normalized spacial score (nSPS) is 13.9. The molecule has 0 aliphatic rings. The van der Waals surface area contributed by atoms with E-state index >= 15 is 0 Å². The van der Waals surface area contributed by atoms with Gasteiger partial charge in [0.2, 0.25) is 0 Å². The number of benzene rings is 1. The van der Waals surface area contributed by atoms with Crippen LogP contribution in [0.1, 0.15) is 12.5 Å². The Morgan fingerprint density at radius 2 is 2.07 bits per heavy atom. The molecule has 1 unspecified atom stereocenters. The number of rotatable bonds is 5. The van der Waals surface area contributed by atoms with Gasteiger partial charge in [0.1, 0.15) is 0 Å². The predicted octanol–water partition coefficient (Wildman–Crippen LogP) is 3.51. The van der Waals surface area contributed by atoms with Gasteiger partial charge in [-0.2, -0.15) is 0 Å². The topological polar surface area (TPSA) is 20.2 Å². The van der Waals surface area contributed by atoms with Crippen molar-refractivity contribution in [1.82, 2.24) is 0 Å². The molecule has 0 fully saturated rings. The van der Waals surface area contributed by atoms with Crippen LogP contribution in [0.3, 0.4) is 0 Å². The molecule has 1 aromatic rings. The number of thioether (sulfide) groups is 2. The lowest BCUT2D eigenvalue weighted by Crippen LogP contribution is -1.93. The molecule has 0 saturated heterocycles. The van der Waals surface area contributed by atoms with Gasteiger partial charge < -0.3 is 5.11 Å². The zero-order valence-corrected chi connectivity index (χ0v) is 10.6. The molecule has 0 bridgehead atoms. The van der Waals surface area contributed by atoms with Gasteiger partial charge in [-0.05, 0) is 24.8 Å². The molecular formula is C12H16OS2. The van der Waals surface area contributed by atoms with Gasteiger partial charge in [-0.15, -0.1) is 23.5 Å². The minimum atomic E-state index is -0.365. The van der Waals surface area contributed by atoms with E-state index < -0.39 is 0 Å². The molecule has 82 valence electrons. The van der Waals surface area contributed by atoms with E-state index in [4.69, 9.17) is 0 Å². The smallest absolute Gasteiger partial charge is 0.0711 e. The highest BCUT2D eigenvalue weighted by Gasteiger charge is 1.99. The third kappa shape index (κ3) is 5.30. The Hall–Kier alpha value is -0.380. The van der Waals surface area contributed by atoms with Crippen LogP contribution in [0, 0.1) is 0 Å². The summed E-state index contributed by atoms with van der Waals surface area (Å²) in [5.74, 6) is 0.959. The minimum Gasteiger partial charge on any atom is -0.389 e. The van der Waals surface area contributed by atoms with E-state index in [-0.39, 0.29) is 6.10 Å². The standard InChI is InChI=1S/C12H16OS2/c1-10(13)8-12(14-2)15-9-11-6-4-3-5-7-11/h3-8,10,13H,9H2,1-2H3/b12-8-. The number of hydrogen-bond acceptors (Lipinski definition) is 3. The summed E-state index contributed by atoms with van der Waals surface area (Å²) in [5.41, 5.74) is 1.31. The van der Waals surface area contributed by atoms with E-state index in [0.717, 1.165) is 5.75 Å². The summed E-state index contributed by atoms with van der Waals surface area (Å²) in [5, 5.41) is 9.25. The number of aliphatic hydroxyl groups excluding tert-OH is 1. The molecule has 0 saturated carbocycles. The first-order valence-corrected chi connectivity index (χ1v) is 7.04. The van der Waals surface area contributed by atoms with Gasteiger partial charge in [0.15, 0.2) is 0 Å². The lowest BCUT2D eigenvalue weighted by atomic mass is 10.2. The summed E-state index contributed by atoms with van der Waals surface area (Å²) >= 11 is 3.45. The summed E-state index contributed by atoms with van der Waals surface area (Å²) in [6, 6.07) is 10.4. The lowest BCUT2D eigenvalue weighted by molar-refractivity contribution is 0.244. The lowest BCUT2D eigenvalue weighted by Gasteiger charge is -2.05. The number of aliphatic hydroxyl groups is 1. The van der Waals surface area contributed by atoms with Gasteiger partial charge in [-0.1, -0.05) is 30.3 Å². The van der Waals surface area contributed by atoms with Gasteiger partial charge in [0, 0.05) is 9.99 Å². The summed E-state index contributed by atoms with van der Waals surface area (Å²) in [4.78, 5) is 0. The molecule has 1 atom stereocenters. The van der Waals surface area contributed by atoms with Crippen LogP contribution in [0.5, 0.6) is 0 Å². The maximum Gasteiger partial charge on any atom is 0.0711 e. The van der Waals surface area contributed by atoms with Crippen LogP contribution in [-0.4, -0.2) is 17.5 Å². The van der Waals surface area contributed by atoms with Crippen LogP contribution in [0.2, 0.25) is 0 Å². The van der Waals surface area contributed by atoms with E-state index in [9.17, 15) is 5.11 Å². The van der Waals surface area contributed by atoms with Crippen molar-refractivity contribution >= 4 is 23.5 Å². The van der Waals surface area contributed by atoms with Crippen LogP contribution in [-0.2, 0) is 5.75 Å². The quantitative estimate of drug-likeness (QED) is 0.850. The van der Waals surface area contributed by atoms with E-state index in [1.165, 1.54) is 9.80 Å². The van der Waals surface area contributed by atoms with E-state index in [0.29, 0.717) is 0 Å². The molecule has 0 spiro atoms. The van der Waals surface area contributed by atoms with Crippen LogP contribution < -0.4 is 0 Å². The Labute approximate surface area is 100.0 Å². The molecule has 0 amide bonds. The fraction of sp³-hybridized carbons (Fsp3) is 0.333. The second-order valence-electron chi connectivity index (χ2n) is 3.20. The number of hydrogen-bond donors (Lipinski definition) is 1. The van der Waals surface area contributed by atoms with Crippen molar-refractivity contribution in [3.63, 3.8) is 0 Å². The third-order valence-electron chi connectivity index (χ3n) is 1.80. The molecule has 0 aliphatic carbocycles. The average molecular weight is 240 g/mol. The first kappa shape index (κ1) is 12.7. The van der Waals surface area contributed by atoms with Crippen LogP contribution in [0.4, 0.5) is 0 Å². The van der Waals surface area contributed by atoms with Gasteiger partial charge in [0.25, 0.3) is 0 Å². The van der Waals surface area contributed by atoms with E-state index in [2.05, 4.69) is 12.1 Å². The van der Waals surface area contributed by atoms with Crippen LogP contribution in [0.15, 0.2) is 40.6 Å². The maximum atomic E-state index is 9.25. The predicted molar refractivity (Wildman–Crippen MR) is 71.0 cm³/mol. The molecule has 1 rings (SSSR count). The molecule has 0 aromatic heterocycles. The molecule has 15 heavy (non-hydrogen) atoms.